The van der Waals surface area contributed by atoms with Crippen LogP contribution in [0.1, 0.15) is 31.2 Å². The molecule has 1 heterocycles. The molecular formula is C16H20FN5O. The predicted molar refractivity (Wildman–Crippen MR) is 83.9 cm³/mol. The monoisotopic (exact) mass is 317 g/mol. The minimum Gasteiger partial charge on any atom is -0.367 e. The molecule has 6 nitrogen and oxygen atoms in total. The maximum atomic E-state index is 13.1. The molecular weight excluding hydrogens is 297 g/mol. The SMILES string of the molecule is CC1(C)[C@H](C(=O)NCCc2cccc(F)c2)[C@@H]1c1nc(N)n[nH]1. The molecule has 1 saturated carbocycles. The summed E-state index contributed by atoms with van der Waals surface area (Å²) >= 11 is 0. The Balaban J connectivity index is 1.56. The number of hydrogen-bond donors (Lipinski definition) is 3. The summed E-state index contributed by atoms with van der Waals surface area (Å²) in [6, 6.07) is 6.40. The fourth-order valence-electron chi connectivity index (χ4n) is 3.20. The highest BCUT2D eigenvalue weighted by Crippen LogP contribution is 2.63. The standard InChI is InChI=1S/C16H20FN5O/c1-16(2)11(13-20-15(18)22-21-13)12(16)14(23)19-7-6-9-4-3-5-10(17)8-9/h3-5,8,11-12H,6-7H2,1-2H3,(H,19,23)(H3,18,20,21,22)/t11-,12+/m1/s1. The number of anilines is 1. The van der Waals surface area contributed by atoms with Crippen molar-refractivity contribution in [3.8, 4) is 0 Å². The molecule has 1 aromatic heterocycles. The van der Waals surface area contributed by atoms with Gasteiger partial charge < -0.3 is 11.1 Å². The van der Waals surface area contributed by atoms with Crippen molar-refractivity contribution in [2.24, 2.45) is 11.3 Å². The normalized spacial score (nSPS) is 21.9. The number of nitrogens with one attached hydrogen (secondary N) is 2. The van der Waals surface area contributed by atoms with Gasteiger partial charge >= 0.3 is 0 Å². The second-order valence-electron chi connectivity index (χ2n) is 6.53. The summed E-state index contributed by atoms with van der Waals surface area (Å²) in [5.41, 5.74) is 6.20. The average Bonchev–Trinajstić information content (AvgIpc) is 2.82. The van der Waals surface area contributed by atoms with Crippen LogP contribution in [0.4, 0.5) is 10.3 Å². The van der Waals surface area contributed by atoms with E-state index in [2.05, 4.69) is 20.5 Å². The number of benzene rings is 1. The lowest BCUT2D eigenvalue weighted by Gasteiger charge is -2.06. The van der Waals surface area contributed by atoms with Gasteiger partial charge in [-0.2, -0.15) is 4.98 Å². The van der Waals surface area contributed by atoms with Gasteiger partial charge in [-0.1, -0.05) is 26.0 Å². The van der Waals surface area contributed by atoms with Crippen molar-refractivity contribution in [1.29, 1.82) is 0 Å². The van der Waals surface area contributed by atoms with Crippen molar-refractivity contribution in [2.75, 3.05) is 12.3 Å². The molecule has 3 rings (SSSR count). The fraction of sp³-hybridized carbons (Fsp3) is 0.438. The topological polar surface area (TPSA) is 96.7 Å². The van der Waals surface area contributed by atoms with Crippen LogP contribution in [0.5, 0.6) is 0 Å². The number of H-pyrrole nitrogens is 1. The van der Waals surface area contributed by atoms with E-state index in [1.807, 2.05) is 19.9 Å². The molecule has 2 atom stereocenters. The first-order chi connectivity index (χ1) is 10.9. The van der Waals surface area contributed by atoms with Gasteiger partial charge in [-0.05, 0) is 29.5 Å². The van der Waals surface area contributed by atoms with Crippen molar-refractivity contribution in [2.45, 2.75) is 26.2 Å². The highest BCUT2D eigenvalue weighted by Gasteiger charge is 2.63. The van der Waals surface area contributed by atoms with Crippen molar-refractivity contribution in [3.05, 3.63) is 41.5 Å². The number of nitrogens with two attached hydrogens (primary N) is 1. The zero-order valence-electron chi connectivity index (χ0n) is 13.1. The number of nitrogen functional groups attached to an aromatic ring is 1. The Morgan fingerprint density at radius 3 is 2.91 bits per heavy atom. The third kappa shape index (κ3) is 3.04. The van der Waals surface area contributed by atoms with Gasteiger partial charge in [0.05, 0.1) is 5.92 Å². The number of amides is 1. The summed E-state index contributed by atoms with van der Waals surface area (Å²) in [6.45, 7) is 4.51. The minimum atomic E-state index is -0.264. The Morgan fingerprint density at radius 2 is 2.26 bits per heavy atom. The maximum absolute atomic E-state index is 13.1. The zero-order valence-corrected chi connectivity index (χ0v) is 13.1. The van der Waals surface area contributed by atoms with E-state index in [4.69, 9.17) is 5.73 Å². The van der Waals surface area contributed by atoms with Gasteiger partial charge in [0.25, 0.3) is 0 Å². The number of aromatic nitrogens is 3. The molecule has 7 heteroatoms. The molecule has 1 aromatic carbocycles. The van der Waals surface area contributed by atoms with Gasteiger partial charge in [0.2, 0.25) is 11.9 Å². The van der Waals surface area contributed by atoms with Crippen LogP contribution < -0.4 is 11.1 Å². The summed E-state index contributed by atoms with van der Waals surface area (Å²) in [4.78, 5) is 16.5. The van der Waals surface area contributed by atoms with Crippen LogP contribution in [0.3, 0.4) is 0 Å². The summed E-state index contributed by atoms with van der Waals surface area (Å²) in [5, 5.41) is 9.53. The number of carbonyl (C=O) groups excluding carboxylic acids is 1. The first-order valence-electron chi connectivity index (χ1n) is 7.59. The molecule has 0 radical (unpaired) electrons. The molecule has 0 saturated heterocycles. The predicted octanol–water partition coefficient (Wildman–Crippen LogP) is 1.62. The Morgan fingerprint density at radius 1 is 1.48 bits per heavy atom. The molecule has 122 valence electrons. The van der Waals surface area contributed by atoms with Gasteiger partial charge in [0, 0.05) is 12.5 Å². The number of carbonyl (C=O) groups is 1. The van der Waals surface area contributed by atoms with E-state index < -0.39 is 0 Å². The van der Waals surface area contributed by atoms with Gasteiger partial charge in [-0.15, -0.1) is 5.10 Å². The largest absolute Gasteiger partial charge is 0.367 e. The summed E-state index contributed by atoms with van der Waals surface area (Å²) < 4.78 is 13.1. The Hall–Kier alpha value is -2.44. The lowest BCUT2D eigenvalue weighted by Crippen LogP contribution is -2.28. The van der Waals surface area contributed by atoms with Gasteiger partial charge in [-0.3, -0.25) is 9.89 Å². The van der Waals surface area contributed by atoms with Crippen LogP contribution in [-0.2, 0) is 11.2 Å². The van der Waals surface area contributed by atoms with E-state index in [1.54, 1.807) is 6.07 Å². The van der Waals surface area contributed by atoms with Crippen LogP contribution in [0.25, 0.3) is 0 Å². The quantitative estimate of drug-likeness (QED) is 0.781. The van der Waals surface area contributed by atoms with E-state index in [0.29, 0.717) is 18.8 Å². The first kappa shape index (κ1) is 15.5. The third-order valence-electron chi connectivity index (χ3n) is 4.53. The zero-order chi connectivity index (χ0) is 16.6. The minimum absolute atomic E-state index is 0.0125. The molecule has 0 spiro atoms. The second-order valence-corrected chi connectivity index (χ2v) is 6.53. The molecule has 1 aliphatic carbocycles. The van der Waals surface area contributed by atoms with E-state index in [-0.39, 0.29) is 34.9 Å². The molecule has 4 N–H and O–H groups in total. The molecule has 2 aromatic rings. The van der Waals surface area contributed by atoms with Gasteiger partial charge in [-0.25, -0.2) is 4.39 Å². The molecule has 0 bridgehead atoms. The molecule has 1 amide bonds. The Labute approximate surface area is 133 Å². The first-order valence-corrected chi connectivity index (χ1v) is 7.59. The second kappa shape index (κ2) is 5.64. The maximum Gasteiger partial charge on any atom is 0.239 e. The molecule has 0 aliphatic heterocycles. The van der Waals surface area contributed by atoms with Crippen LogP contribution in [-0.4, -0.2) is 27.6 Å². The van der Waals surface area contributed by atoms with E-state index in [9.17, 15) is 9.18 Å². The van der Waals surface area contributed by atoms with E-state index in [1.165, 1.54) is 12.1 Å². The Bertz CT molecular complexity index is 727. The lowest BCUT2D eigenvalue weighted by molar-refractivity contribution is -0.123. The van der Waals surface area contributed by atoms with Crippen molar-refractivity contribution >= 4 is 11.9 Å². The number of halogens is 1. The third-order valence-corrected chi connectivity index (χ3v) is 4.53. The van der Waals surface area contributed by atoms with Crippen molar-refractivity contribution in [1.82, 2.24) is 20.5 Å². The van der Waals surface area contributed by atoms with Crippen LogP contribution >= 0.6 is 0 Å². The number of rotatable bonds is 5. The summed E-state index contributed by atoms with van der Waals surface area (Å²) in [7, 11) is 0. The molecule has 0 unspecified atom stereocenters. The Kier molecular flexibility index (Phi) is 3.79. The van der Waals surface area contributed by atoms with Crippen molar-refractivity contribution in [3.63, 3.8) is 0 Å². The van der Waals surface area contributed by atoms with Crippen LogP contribution in [0, 0.1) is 17.2 Å². The lowest BCUT2D eigenvalue weighted by atomic mass is 10.1. The number of hydrogen-bond acceptors (Lipinski definition) is 4. The van der Waals surface area contributed by atoms with Crippen LogP contribution in [0.15, 0.2) is 24.3 Å². The molecule has 1 aliphatic rings. The summed E-state index contributed by atoms with van der Waals surface area (Å²) in [5.74, 6) is 0.376. The highest BCUT2D eigenvalue weighted by atomic mass is 19.1. The highest BCUT2D eigenvalue weighted by molar-refractivity contribution is 5.84. The average molecular weight is 317 g/mol. The number of nitrogens with zero attached hydrogens (tertiary/aromatic N) is 2. The molecule has 23 heavy (non-hydrogen) atoms. The van der Waals surface area contributed by atoms with E-state index in [0.717, 1.165) is 5.56 Å². The summed E-state index contributed by atoms with van der Waals surface area (Å²) in [6.07, 6.45) is 0.594. The van der Waals surface area contributed by atoms with Gasteiger partial charge in [0.1, 0.15) is 11.6 Å². The van der Waals surface area contributed by atoms with Crippen molar-refractivity contribution < 1.29 is 9.18 Å². The van der Waals surface area contributed by atoms with Crippen LogP contribution in [0.2, 0.25) is 0 Å². The fourth-order valence-corrected chi connectivity index (χ4v) is 3.20. The molecule has 1 fully saturated rings. The van der Waals surface area contributed by atoms with Gasteiger partial charge in [0.15, 0.2) is 0 Å². The van der Waals surface area contributed by atoms with E-state index >= 15 is 0 Å². The smallest absolute Gasteiger partial charge is 0.239 e. The number of aromatic amines is 1.